The third kappa shape index (κ3) is 4.15. The lowest BCUT2D eigenvalue weighted by Crippen LogP contribution is -2.41. The first-order valence-corrected chi connectivity index (χ1v) is 10.6. The quantitative estimate of drug-likeness (QED) is 0.780. The molecule has 1 aromatic carbocycles. The summed E-state index contributed by atoms with van der Waals surface area (Å²) in [5.41, 5.74) is 14.3. The number of ether oxygens (including phenoxy) is 1. The van der Waals surface area contributed by atoms with Gasteiger partial charge in [0.05, 0.1) is 5.71 Å². The van der Waals surface area contributed by atoms with Crippen molar-refractivity contribution in [3.8, 4) is 5.88 Å². The molecule has 0 atom stereocenters. The van der Waals surface area contributed by atoms with Gasteiger partial charge in [-0.15, -0.1) is 0 Å². The van der Waals surface area contributed by atoms with Crippen LogP contribution >= 0.6 is 0 Å². The van der Waals surface area contributed by atoms with Crippen LogP contribution in [0.25, 0.3) is 0 Å². The van der Waals surface area contributed by atoms with Crippen LogP contribution in [0.4, 0.5) is 11.5 Å². The summed E-state index contributed by atoms with van der Waals surface area (Å²) in [5, 5.41) is 0. The van der Waals surface area contributed by atoms with E-state index >= 15 is 0 Å². The first-order valence-electron chi connectivity index (χ1n) is 10.6. The summed E-state index contributed by atoms with van der Waals surface area (Å²) in [6, 6.07) is 8.62. The van der Waals surface area contributed by atoms with Crippen LogP contribution in [0.2, 0.25) is 0 Å². The van der Waals surface area contributed by atoms with E-state index in [0.29, 0.717) is 35.6 Å². The Morgan fingerprint density at radius 1 is 1.13 bits per heavy atom. The molecule has 7 nitrogen and oxygen atoms in total. The van der Waals surface area contributed by atoms with E-state index in [2.05, 4.69) is 34.2 Å². The Balaban J connectivity index is 1.49. The number of aliphatic imine (C=N–C) groups is 1. The van der Waals surface area contributed by atoms with E-state index in [9.17, 15) is 4.79 Å². The van der Waals surface area contributed by atoms with Gasteiger partial charge in [-0.2, -0.15) is 4.98 Å². The highest BCUT2D eigenvalue weighted by Gasteiger charge is 2.35. The van der Waals surface area contributed by atoms with Crippen LogP contribution in [0.3, 0.4) is 0 Å². The first kappa shape index (κ1) is 20.3. The van der Waals surface area contributed by atoms with Gasteiger partial charge >= 0.3 is 0 Å². The lowest BCUT2D eigenvalue weighted by molar-refractivity contribution is -0.118. The van der Waals surface area contributed by atoms with Gasteiger partial charge in [-0.3, -0.25) is 4.79 Å². The molecule has 0 unspecified atom stereocenters. The Morgan fingerprint density at radius 2 is 1.83 bits per heavy atom. The van der Waals surface area contributed by atoms with Crippen molar-refractivity contribution in [2.75, 3.05) is 5.73 Å². The maximum absolute atomic E-state index is 11.0. The van der Waals surface area contributed by atoms with Gasteiger partial charge in [-0.1, -0.05) is 24.3 Å². The zero-order valence-corrected chi connectivity index (χ0v) is 17.6. The third-order valence-corrected chi connectivity index (χ3v) is 6.26. The number of hydrogen-bond donors (Lipinski definition) is 2. The van der Waals surface area contributed by atoms with E-state index in [-0.39, 0.29) is 5.91 Å². The van der Waals surface area contributed by atoms with Gasteiger partial charge in [0.1, 0.15) is 11.9 Å². The molecular weight excluding hydrogens is 378 g/mol. The number of hydrogen-bond acceptors (Lipinski definition) is 6. The Morgan fingerprint density at radius 3 is 2.50 bits per heavy atom. The average molecular weight is 408 g/mol. The second kappa shape index (κ2) is 8.05. The normalized spacial score (nSPS) is 22.5. The smallest absolute Gasteiger partial charge is 0.246 e. The highest BCUT2D eigenvalue weighted by Crippen LogP contribution is 2.40. The van der Waals surface area contributed by atoms with Gasteiger partial charge in [-0.25, -0.2) is 9.98 Å². The summed E-state index contributed by atoms with van der Waals surface area (Å²) in [5.74, 6) is 1.72. The Hall–Kier alpha value is -2.96. The van der Waals surface area contributed by atoms with E-state index in [1.165, 1.54) is 11.9 Å². The lowest BCUT2D eigenvalue weighted by atomic mass is 9.77. The fraction of sp³-hybridized carbons (Fsp3) is 0.478. The molecule has 1 amide bonds. The topological polar surface area (TPSA) is 116 Å². The monoisotopic (exact) mass is 407 g/mol. The zero-order chi connectivity index (χ0) is 21.3. The van der Waals surface area contributed by atoms with Crippen LogP contribution in [0.1, 0.15) is 69.4 Å². The van der Waals surface area contributed by atoms with Gasteiger partial charge in [0, 0.05) is 12.0 Å². The van der Waals surface area contributed by atoms with Crippen LogP contribution in [0.5, 0.6) is 5.88 Å². The molecule has 2 aliphatic rings. The number of primary amides is 1. The van der Waals surface area contributed by atoms with Gasteiger partial charge in [-0.05, 0) is 63.4 Å². The minimum absolute atomic E-state index is 0.193. The number of nitrogen functional groups attached to an aromatic ring is 1. The van der Waals surface area contributed by atoms with E-state index in [1.54, 1.807) is 0 Å². The fourth-order valence-electron chi connectivity index (χ4n) is 4.55. The van der Waals surface area contributed by atoms with E-state index in [0.717, 1.165) is 43.4 Å². The number of carbonyl (C=O) groups excluding carboxylic acids is 1. The number of anilines is 1. The van der Waals surface area contributed by atoms with Crippen molar-refractivity contribution < 1.29 is 9.53 Å². The maximum Gasteiger partial charge on any atom is 0.246 e. The van der Waals surface area contributed by atoms with Crippen LogP contribution in [0.15, 0.2) is 35.6 Å². The van der Waals surface area contributed by atoms with Crippen LogP contribution in [-0.4, -0.2) is 27.2 Å². The zero-order valence-electron chi connectivity index (χ0n) is 17.6. The lowest BCUT2D eigenvalue weighted by Gasteiger charge is -2.32. The molecule has 1 saturated carbocycles. The van der Waals surface area contributed by atoms with Crippen molar-refractivity contribution in [2.24, 2.45) is 16.6 Å². The number of fused-ring (bicyclic) bond motifs is 1. The highest BCUT2D eigenvalue weighted by molar-refractivity contribution is 6.09. The van der Waals surface area contributed by atoms with Gasteiger partial charge in [0.15, 0.2) is 11.5 Å². The molecular formula is C23H29N5O2. The number of aromatic nitrogens is 2. The molecule has 158 valence electrons. The first-order chi connectivity index (χ1) is 14.3. The van der Waals surface area contributed by atoms with Crippen LogP contribution < -0.4 is 16.2 Å². The van der Waals surface area contributed by atoms with Gasteiger partial charge in [0.2, 0.25) is 11.8 Å². The molecule has 0 radical (unpaired) electrons. The Labute approximate surface area is 177 Å². The molecule has 1 fully saturated rings. The number of benzene rings is 1. The number of nitrogens with two attached hydrogens (primary N) is 2. The molecule has 1 aromatic heterocycles. The summed E-state index contributed by atoms with van der Waals surface area (Å²) >= 11 is 0. The Bertz CT molecular complexity index is 960. The molecule has 2 aromatic rings. The summed E-state index contributed by atoms with van der Waals surface area (Å²) in [6.45, 7) is 3.96. The van der Waals surface area contributed by atoms with Crippen LogP contribution in [-0.2, 0) is 4.79 Å². The molecule has 0 saturated heterocycles. The van der Waals surface area contributed by atoms with Gasteiger partial charge < -0.3 is 16.2 Å². The van der Waals surface area contributed by atoms with Crippen molar-refractivity contribution in [1.82, 2.24) is 9.97 Å². The number of rotatable bonds is 5. The predicted octanol–water partition coefficient (Wildman–Crippen LogP) is 3.89. The minimum atomic E-state index is -0.617. The molecule has 1 aliphatic heterocycles. The second-order valence-electron chi connectivity index (χ2n) is 8.83. The summed E-state index contributed by atoms with van der Waals surface area (Å²) < 4.78 is 6.07. The molecule has 0 spiro atoms. The van der Waals surface area contributed by atoms with Crippen molar-refractivity contribution in [3.63, 3.8) is 0 Å². The SMILES string of the molecule is CC1(C)Oc2ncnc(N)c2N=C1c1ccc([C@H]2CC[C@H](CCC(N)=O)CC2)cc1. The average Bonchev–Trinajstić information content (AvgIpc) is 2.72. The van der Waals surface area contributed by atoms with E-state index in [1.807, 2.05) is 13.8 Å². The molecule has 4 N–H and O–H groups in total. The third-order valence-electron chi connectivity index (χ3n) is 6.26. The second-order valence-corrected chi connectivity index (χ2v) is 8.83. The number of carbonyl (C=O) groups is 1. The molecule has 4 rings (SSSR count). The standard InChI is InChI=1S/C23H29N5O2/c1-23(2)20(28-19-21(25)26-13-27-22(19)30-23)17-10-8-16(9-11-17)15-6-3-14(4-7-15)5-12-18(24)29/h8-11,13-15H,3-7,12H2,1-2H3,(H2,24,29)(H2,25,26,27)/t14-,15-. The summed E-state index contributed by atoms with van der Waals surface area (Å²) in [6.07, 6.45) is 7.43. The molecule has 0 bridgehead atoms. The summed E-state index contributed by atoms with van der Waals surface area (Å²) in [7, 11) is 0. The van der Waals surface area contributed by atoms with Crippen molar-refractivity contribution >= 4 is 23.1 Å². The number of amides is 1. The molecule has 30 heavy (non-hydrogen) atoms. The van der Waals surface area contributed by atoms with Crippen molar-refractivity contribution in [1.29, 1.82) is 0 Å². The largest absolute Gasteiger partial charge is 0.463 e. The van der Waals surface area contributed by atoms with Gasteiger partial charge in [0.25, 0.3) is 0 Å². The van der Waals surface area contributed by atoms with Crippen molar-refractivity contribution in [3.05, 3.63) is 41.7 Å². The summed E-state index contributed by atoms with van der Waals surface area (Å²) in [4.78, 5) is 24.0. The maximum atomic E-state index is 11.0. The highest BCUT2D eigenvalue weighted by atomic mass is 16.5. The van der Waals surface area contributed by atoms with E-state index in [4.69, 9.17) is 21.2 Å². The van der Waals surface area contributed by atoms with E-state index < -0.39 is 5.60 Å². The number of nitrogens with zero attached hydrogens (tertiary/aromatic N) is 3. The molecule has 7 heteroatoms. The van der Waals surface area contributed by atoms with Crippen molar-refractivity contribution in [2.45, 2.75) is 63.9 Å². The molecule has 2 heterocycles. The molecule has 1 aliphatic carbocycles. The predicted molar refractivity (Wildman–Crippen MR) is 117 cm³/mol. The van der Waals surface area contributed by atoms with Crippen LogP contribution in [0, 0.1) is 5.92 Å². The Kier molecular flexibility index (Phi) is 5.45. The fourth-order valence-corrected chi connectivity index (χ4v) is 4.55. The minimum Gasteiger partial charge on any atom is -0.463 e.